The maximum Gasteiger partial charge on any atom is 0.254 e. The molecule has 2 N–H and O–H groups in total. The molecule has 0 bridgehead atoms. The Balaban J connectivity index is 1.57. The molecular weight excluding hydrogens is 304 g/mol. The highest BCUT2D eigenvalue weighted by molar-refractivity contribution is 5.93. The number of hydrogen-bond donors (Lipinski definition) is 2. The summed E-state index contributed by atoms with van der Waals surface area (Å²) < 4.78 is 0. The van der Waals surface area contributed by atoms with Crippen molar-refractivity contribution in [1.29, 1.82) is 0 Å². The van der Waals surface area contributed by atoms with E-state index in [9.17, 15) is 9.90 Å². The minimum Gasteiger partial charge on any atom is -0.508 e. The molecule has 6 heteroatoms. The van der Waals surface area contributed by atoms with E-state index in [0.29, 0.717) is 11.4 Å². The molecule has 6 nitrogen and oxygen atoms in total. The Labute approximate surface area is 141 Å². The van der Waals surface area contributed by atoms with Crippen molar-refractivity contribution in [1.82, 2.24) is 20.2 Å². The smallest absolute Gasteiger partial charge is 0.254 e. The second kappa shape index (κ2) is 7.40. The highest BCUT2D eigenvalue weighted by Gasteiger charge is 2.22. The van der Waals surface area contributed by atoms with E-state index in [0.717, 1.165) is 38.0 Å². The number of phenols is 1. The van der Waals surface area contributed by atoms with Gasteiger partial charge >= 0.3 is 0 Å². The van der Waals surface area contributed by atoms with Crippen LogP contribution in [0.2, 0.25) is 0 Å². The van der Waals surface area contributed by atoms with Crippen LogP contribution in [0.25, 0.3) is 0 Å². The largest absolute Gasteiger partial charge is 0.508 e. The first-order chi connectivity index (χ1) is 11.6. The Morgan fingerprint density at radius 3 is 2.92 bits per heavy atom. The number of likely N-dealkylation sites (tertiary alicyclic amines) is 1. The maximum absolute atomic E-state index is 12.3. The highest BCUT2D eigenvalue weighted by Crippen LogP contribution is 2.17. The van der Waals surface area contributed by atoms with Crippen LogP contribution in [0.3, 0.4) is 0 Å². The molecular formula is C18H22N4O2. The summed E-state index contributed by atoms with van der Waals surface area (Å²) in [6.45, 7) is 4.36. The summed E-state index contributed by atoms with van der Waals surface area (Å²) in [5, 5.41) is 12.6. The quantitative estimate of drug-likeness (QED) is 0.897. The first-order valence-electron chi connectivity index (χ1n) is 8.20. The number of nitrogens with one attached hydrogen (secondary N) is 1. The Hall–Kier alpha value is -2.47. The molecule has 2 aromatic rings. The fourth-order valence-electron chi connectivity index (χ4n) is 3.01. The Kier molecular flexibility index (Phi) is 5.05. The van der Waals surface area contributed by atoms with Crippen LogP contribution in [-0.2, 0) is 6.54 Å². The van der Waals surface area contributed by atoms with Crippen molar-refractivity contribution in [3.63, 3.8) is 0 Å². The number of carbonyl (C=O) groups excluding carboxylic acids is 1. The van der Waals surface area contributed by atoms with E-state index in [2.05, 4.69) is 20.2 Å². The molecule has 126 valence electrons. The van der Waals surface area contributed by atoms with Gasteiger partial charge in [0.2, 0.25) is 0 Å². The molecule has 0 spiro atoms. The molecule has 2 heterocycles. The van der Waals surface area contributed by atoms with Gasteiger partial charge in [-0.3, -0.25) is 9.69 Å². The van der Waals surface area contributed by atoms with Crippen LogP contribution in [0.5, 0.6) is 5.75 Å². The predicted molar refractivity (Wildman–Crippen MR) is 90.6 cm³/mol. The van der Waals surface area contributed by atoms with Gasteiger partial charge in [-0.2, -0.15) is 0 Å². The normalized spacial score (nSPS) is 18.3. The van der Waals surface area contributed by atoms with Crippen molar-refractivity contribution in [2.24, 2.45) is 0 Å². The minimum absolute atomic E-state index is 0.116. The summed E-state index contributed by atoms with van der Waals surface area (Å²) in [6, 6.07) is 7.43. The second-order valence-electron chi connectivity index (χ2n) is 6.24. The standard InChI is InChI=1S/C18H22N4O2/c1-13-19-9-15(10-20-13)18(24)21-16-5-3-7-22(12-16)11-14-4-2-6-17(23)8-14/h2,4,6,8-10,16,23H,3,5,7,11-12H2,1H3,(H,21,24)/t16-/m0/s1. The van der Waals surface area contributed by atoms with E-state index in [4.69, 9.17) is 0 Å². The number of piperidine rings is 1. The monoisotopic (exact) mass is 326 g/mol. The maximum atomic E-state index is 12.3. The van der Waals surface area contributed by atoms with Gasteiger partial charge in [0.05, 0.1) is 5.56 Å². The minimum atomic E-state index is -0.126. The van der Waals surface area contributed by atoms with E-state index in [1.165, 1.54) is 0 Å². The molecule has 1 saturated heterocycles. The topological polar surface area (TPSA) is 78.4 Å². The zero-order valence-electron chi connectivity index (χ0n) is 13.8. The number of rotatable bonds is 4. The molecule has 1 aromatic heterocycles. The Bertz CT molecular complexity index is 702. The van der Waals surface area contributed by atoms with Gasteiger partial charge in [-0.1, -0.05) is 12.1 Å². The summed E-state index contributed by atoms with van der Waals surface area (Å²) in [5.41, 5.74) is 1.57. The molecule has 3 rings (SSSR count). The van der Waals surface area contributed by atoms with E-state index in [1.54, 1.807) is 31.5 Å². The lowest BCUT2D eigenvalue weighted by atomic mass is 10.0. The average Bonchev–Trinajstić information content (AvgIpc) is 2.56. The van der Waals surface area contributed by atoms with Crippen LogP contribution in [0.15, 0.2) is 36.7 Å². The number of nitrogens with zero attached hydrogens (tertiary/aromatic N) is 3. The third-order valence-corrected chi connectivity index (χ3v) is 4.20. The summed E-state index contributed by atoms with van der Waals surface area (Å²) >= 11 is 0. The molecule has 1 aromatic carbocycles. The number of hydrogen-bond acceptors (Lipinski definition) is 5. The van der Waals surface area contributed by atoms with E-state index in [1.807, 2.05) is 12.1 Å². The fraction of sp³-hybridized carbons (Fsp3) is 0.389. The van der Waals surface area contributed by atoms with Gasteiger partial charge in [0.15, 0.2) is 0 Å². The molecule has 1 amide bonds. The van der Waals surface area contributed by atoms with Gasteiger partial charge in [-0.15, -0.1) is 0 Å². The van der Waals surface area contributed by atoms with E-state index >= 15 is 0 Å². The zero-order valence-corrected chi connectivity index (χ0v) is 13.8. The van der Waals surface area contributed by atoms with Crippen molar-refractivity contribution in [2.45, 2.75) is 32.4 Å². The SMILES string of the molecule is Cc1ncc(C(=O)N[C@H]2CCCN(Cc3cccc(O)c3)C2)cn1. The van der Waals surface area contributed by atoms with Gasteiger partial charge in [0.25, 0.3) is 5.91 Å². The van der Waals surface area contributed by atoms with Gasteiger partial charge in [-0.25, -0.2) is 9.97 Å². The summed E-state index contributed by atoms with van der Waals surface area (Å²) in [7, 11) is 0. The van der Waals surface area contributed by atoms with Crippen LogP contribution >= 0.6 is 0 Å². The predicted octanol–water partition coefficient (Wildman–Crippen LogP) is 1.89. The van der Waals surface area contributed by atoms with Gasteiger partial charge in [-0.05, 0) is 44.0 Å². The lowest BCUT2D eigenvalue weighted by Gasteiger charge is -2.33. The molecule has 0 saturated carbocycles. The first-order valence-corrected chi connectivity index (χ1v) is 8.20. The van der Waals surface area contributed by atoms with E-state index < -0.39 is 0 Å². The second-order valence-corrected chi connectivity index (χ2v) is 6.24. The van der Waals surface area contributed by atoms with Crippen LogP contribution in [0.1, 0.15) is 34.6 Å². The Morgan fingerprint density at radius 2 is 2.17 bits per heavy atom. The number of phenolic OH excluding ortho intramolecular Hbond substituents is 1. The van der Waals surface area contributed by atoms with Gasteiger partial charge in [0, 0.05) is 31.5 Å². The third-order valence-electron chi connectivity index (χ3n) is 4.20. The molecule has 1 aliphatic heterocycles. The van der Waals surface area contributed by atoms with Crippen molar-refractivity contribution >= 4 is 5.91 Å². The molecule has 24 heavy (non-hydrogen) atoms. The highest BCUT2D eigenvalue weighted by atomic mass is 16.3. The number of aromatic hydroxyl groups is 1. The van der Waals surface area contributed by atoms with Crippen molar-refractivity contribution < 1.29 is 9.90 Å². The van der Waals surface area contributed by atoms with Gasteiger partial charge in [0.1, 0.15) is 11.6 Å². The fourth-order valence-corrected chi connectivity index (χ4v) is 3.01. The Morgan fingerprint density at radius 1 is 1.38 bits per heavy atom. The number of carbonyl (C=O) groups is 1. The summed E-state index contributed by atoms with van der Waals surface area (Å²) in [4.78, 5) is 22.7. The summed E-state index contributed by atoms with van der Waals surface area (Å²) in [6.07, 6.45) is 5.12. The zero-order chi connectivity index (χ0) is 16.9. The number of aromatic nitrogens is 2. The van der Waals surface area contributed by atoms with Crippen LogP contribution in [0, 0.1) is 6.92 Å². The molecule has 1 aliphatic rings. The molecule has 1 fully saturated rings. The van der Waals surface area contributed by atoms with E-state index in [-0.39, 0.29) is 17.7 Å². The van der Waals surface area contributed by atoms with Crippen LogP contribution in [-0.4, -0.2) is 45.0 Å². The third kappa shape index (κ3) is 4.29. The number of aryl methyl sites for hydroxylation is 1. The molecule has 0 aliphatic carbocycles. The lowest BCUT2D eigenvalue weighted by molar-refractivity contribution is 0.0900. The van der Waals surface area contributed by atoms with Crippen molar-refractivity contribution in [2.75, 3.05) is 13.1 Å². The average molecular weight is 326 g/mol. The molecule has 1 atom stereocenters. The molecule has 0 unspecified atom stereocenters. The van der Waals surface area contributed by atoms with Gasteiger partial charge < -0.3 is 10.4 Å². The van der Waals surface area contributed by atoms with Crippen LogP contribution < -0.4 is 5.32 Å². The summed E-state index contributed by atoms with van der Waals surface area (Å²) in [5.74, 6) is 0.814. The van der Waals surface area contributed by atoms with Crippen molar-refractivity contribution in [3.05, 3.63) is 53.6 Å². The number of amides is 1. The molecule has 0 radical (unpaired) electrons. The number of benzene rings is 1. The van der Waals surface area contributed by atoms with Crippen molar-refractivity contribution in [3.8, 4) is 5.75 Å². The van der Waals surface area contributed by atoms with Crippen LogP contribution in [0.4, 0.5) is 0 Å². The lowest BCUT2D eigenvalue weighted by Crippen LogP contribution is -2.47. The first kappa shape index (κ1) is 16.4.